The third-order valence-corrected chi connectivity index (χ3v) is 4.50. The van der Waals surface area contributed by atoms with Gasteiger partial charge in [0, 0.05) is 24.3 Å². The van der Waals surface area contributed by atoms with Gasteiger partial charge in [-0.3, -0.25) is 4.79 Å². The zero-order valence-electron chi connectivity index (χ0n) is 16.4. The highest BCUT2D eigenvalue weighted by Crippen LogP contribution is 2.18. The van der Waals surface area contributed by atoms with E-state index < -0.39 is 0 Å². The van der Waals surface area contributed by atoms with Crippen molar-refractivity contribution in [3.63, 3.8) is 0 Å². The SMILES string of the molecule is COC(=O)c1cccc(NCCC(=O)N(Cc2ccccc2)c2ccccc2)c1. The van der Waals surface area contributed by atoms with Crippen LogP contribution in [-0.4, -0.2) is 25.5 Å². The third-order valence-electron chi connectivity index (χ3n) is 4.50. The van der Waals surface area contributed by atoms with Crippen molar-refractivity contribution < 1.29 is 14.3 Å². The molecule has 0 bridgehead atoms. The average Bonchev–Trinajstić information content (AvgIpc) is 2.78. The quantitative estimate of drug-likeness (QED) is 0.577. The van der Waals surface area contributed by atoms with Gasteiger partial charge in [-0.25, -0.2) is 4.79 Å². The van der Waals surface area contributed by atoms with Crippen molar-refractivity contribution in [3.05, 3.63) is 96.1 Å². The summed E-state index contributed by atoms with van der Waals surface area (Å²) in [6.45, 7) is 0.975. The lowest BCUT2D eigenvalue weighted by Crippen LogP contribution is -2.31. The highest BCUT2D eigenvalue weighted by molar-refractivity contribution is 5.93. The summed E-state index contributed by atoms with van der Waals surface area (Å²) in [5.41, 5.74) is 3.19. The number of nitrogens with one attached hydrogen (secondary N) is 1. The molecule has 3 aromatic carbocycles. The molecule has 148 valence electrons. The van der Waals surface area contributed by atoms with Gasteiger partial charge in [-0.1, -0.05) is 54.6 Å². The Morgan fingerprint density at radius 1 is 0.897 bits per heavy atom. The molecule has 0 aliphatic rings. The van der Waals surface area contributed by atoms with Crippen LogP contribution in [0, 0.1) is 0 Å². The molecule has 1 amide bonds. The topological polar surface area (TPSA) is 58.6 Å². The zero-order valence-corrected chi connectivity index (χ0v) is 16.4. The summed E-state index contributed by atoms with van der Waals surface area (Å²) in [5.74, 6) is -0.362. The van der Waals surface area contributed by atoms with E-state index in [0.29, 0.717) is 25.1 Å². The van der Waals surface area contributed by atoms with Crippen molar-refractivity contribution in [3.8, 4) is 0 Å². The largest absolute Gasteiger partial charge is 0.465 e. The first kappa shape index (κ1) is 20.1. The third kappa shape index (κ3) is 5.69. The predicted molar refractivity (Wildman–Crippen MR) is 115 cm³/mol. The lowest BCUT2D eigenvalue weighted by Gasteiger charge is -2.23. The second-order valence-electron chi connectivity index (χ2n) is 6.55. The van der Waals surface area contributed by atoms with Crippen LogP contribution in [0.2, 0.25) is 0 Å². The molecular weight excluding hydrogens is 364 g/mol. The van der Waals surface area contributed by atoms with E-state index in [9.17, 15) is 9.59 Å². The van der Waals surface area contributed by atoms with Gasteiger partial charge < -0.3 is 15.0 Å². The molecule has 1 N–H and O–H groups in total. The first-order valence-electron chi connectivity index (χ1n) is 9.49. The van der Waals surface area contributed by atoms with Crippen LogP contribution in [0.25, 0.3) is 0 Å². The molecule has 0 spiro atoms. The number of anilines is 2. The van der Waals surface area contributed by atoms with Gasteiger partial charge in [-0.2, -0.15) is 0 Å². The molecule has 0 radical (unpaired) electrons. The van der Waals surface area contributed by atoms with Crippen LogP contribution in [0.3, 0.4) is 0 Å². The van der Waals surface area contributed by atoms with Gasteiger partial charge in [0.25, 0.3) is 0 Å². The maximum Gasteiger partial charge on any atom is 0.337 e. The molecule has 0 heterocycles. The molecule has 0 unspecified atom stereocenters. The molecule has 3 rings (SSSR count). The molecule has 0 aliphatic heterocycles. The van der Waals surface area contributed by atoms with Crippen molar-refractivity contribution >= 4 is 23.3 Å². The Bertz CT molecular complexity index is 943. The number of amides is 1. The van der Waals surface area contributed by atoms with Crippen molar-refractivity contribution in [1.29, 1.82) is 0 Å². The van der Waals surface area contributed by atoms with Crippen molar-refractivity contribution in [2.24, 2.45) is 0 Å². The van der Waals surface area contributed by atoms with E-state index in [0.717, 1.165) is 16.9 Å². The van der Waals surface area contributed by atoms with Gasteiger partial charge in [-0.05, 0) is 35.9 Å². The molecule has 0 fully saturated rings. The Kier molecular flexibility index (Phi) is 7.00. The Labute approximate surface area is 170 Å². The van der Waals surface area contributed by atoms with Gasteiger partial charge in [0.05, 0.1) is 19.2 Å². The maximum atomic E-state index is 13.0. The molecule has 5 nitrogen and oxygen atoms in total. The van der Waals surface area contributed by atoms with Gasteiger partial charge >= 0.3 is 5.97 Å². The highest BCUT2D eigenvalue weighted by atomic mass is 16.5. The molecule has 0 saturated carbocycles. The molecule has 0 aromatic heterocycles. The summed E-state index contributed by atoms with van der Waals surface area (Å²) in [4.78, 5) is 26.4. The number of benzene rings is 3. The van der Waals surface area contributed by atoms with Crippen LogP contribution in [0.15, 0.2) is 84.9 Å². The monoisotopic (exact) mass is 388 g/mol. The average molecular weight is 388 g/mol. The van der Waals surface area contributed by atoms with Crippen LogP contribution in [0.4, 0.5) is 11.4 Å². The van der Waals surface area contributed by atoms with E-state index in [4.69, 9.17) is 4.74 Å². The van der Waals surface area contributed by atoms with Gasteiger partial charge in [-0.15, -0.1) is 0 Å². The summed E-state index contributed by atoms with van der Waals surface area (Å²) >= 11 is 0. The van der Waals surface area contributed by atoms with Crippen LogP contribution in [0.1, 0.15) is 22.3 Å². The normalized spacial score (nSPS) is 10.2. The molecular formula is C24H24N2O3. The van der Waals surface area contributed by atoms with E-state index in [1.165, 1.54) is 7.11 Å². The molecule has 29 heavy (non-hydrogen) atoms. The Balaban J connectivity index is 1.65. The Hall–Kier alpha value is -3.60. The van der Waals surface area contributed by atoms with Gasteiger partial charge in [0.15, 0.2) is 0 Å². The number of nitrogens with zero attached hydrogens (tertiary/aromatic N) is 1. The number of para-hydroxylation sites is 1. The minimum atomic E-state index is -0.386. The molecule has 0 aliphatic carbocycles. The lowest BCUT2D eigenvalue weighted by molar-refractivity contribution is -0.118. The van der Waals surface area contributed by atoms with E-state index >= 15 is 0 Å². The molecule has 0 saturated heterocycles. The number of methoxy groups -OCH3 is 1. The van der Waals surface area contributed by atoms with E-state index in [1.54, 1.807) is 23.1 Å². The van der Waals surface area contributed by atoms with Crippen LogP contribution < -0.4 is 10.2 Å². The Morgan fingerprint density at radius 2 is 1.59 bits per heavy atom. The highest BCUT2D eigenvalue weighted by Gasteiger charge is 2.16. The number of rotatable bonds is 8. The molecule has 0 atom stereocenters. The maximum absolute atomic E-state index is 13.0. The fourth-order valence-corrected chi connectivity index (χ4v) is 3.02. The van der Waals surface area contributed by atoms with E-state index in [1.807, 2.05) is 66.7 Å². The number of carbonyl (C=O) groups is 2. The summed E-state index contributed by atoms with van der Waals surface area (Å²) in [6, 6.07) is 26.6. The summed E-state index contributed by atoms with van der Waals surface area (Å²) in [5, 5.41) is 3.21. The van der Waals surface area contributed by atoms with E-state index in [2.05, 4.69) is 5.32 Å². The predicted octanol–water partition coefficient (Wildman–Crippen LogP) is 4.51. The summed E-state index contributed by atoms with van der Waals surface area (Å²) in [7, 11) is 1.35. The standard InChI is InChI=1S/C24H24N2O3/c1-29-24(28)20-11-8-12-21(17-20)25-16-15-23(27)26(22-13-6-3-7-14-22)18-19-9-4-2-5-10-19/h2-14,17,25H,15-16,18H2,1H3. The van der Waals surface area contributed by atoms with Crippen LogP contribution in [0.5, 0.6) is 0 Å². The Morgan fingerprint density at radius 3 is 2.28 bits per heavy atom. The fourth-order valence-electron chi connectivity index (χ4n) is 3.02. The van der Waals surface area contributed by atoms with E-state index in [-0.39, 0.29) is 11.9 Å². The molecule has 3 aromatic rings. The smallest absolute Gasteiger partial charge is 0.337 e. The summed E-state index contributed by atoms with van der Waals surface area (Å²) in [6.07, 6.45) is 0.324. The van der Waals surface area contributed by atoms with Crippen LogP contribution in [-0.2, 0) is 16.1 Å². The second kappa shape index (κ2) is 10.1. The number of ether oxygens (including phenoxy) is 1. The number of hydrogen-bond donors (Lipinski definition) is 1. The number of hydrogen-bond acceptors (Lipinski definition) is 4. The van der Waals surface area contributed by atoms with Crippen molar-refractivity contribution in [2.45, 2.75) is 13.0 Å². The zero-order chi connectivity index (χ0) is 20.5. The first-order chi connectivity index (χ1) is 14.2. The molecule has 5 heteroatoms. The lowest BCUT2D eigenvalue weighted by atomic mass is 10.1. The fraction of sp³-hybridized carbons (Fsp3) is 0.167. The second-order valence-corrected chi connectivity index (χ2v) is 6.55. The number of carbonyl (C=O) groups excluding carboxylic acids is 2. The van der Waals surface area contributed by atoms with Crippen molar-refractivity contribution in [2.75, 3.05) is 23.9 Å². The van der Waals surface area contributed by atoms with Crippen molar-refractivity contribution in [1.82, 2.24) is 0 Å². The minimum absolute atomic E-state index is 0.0247. The number of esters is 1. The summed E-state index contributed by atoms with van der Waals surface area (Å²) < 4.78 is 4.74. The van der Waals surface area contributed by atoms with Gasteiger partial charge in [0.2, 0.25) is 5.91 Å². The minimum Gasteiger partial charge on any atom is -0.465 e. The van der Waals surface area contributed by atoms with Gasteiger partial charge in [0.1, 0.15) is 0 Å². The first-order valence-corrected chi connectivity index (χ1v) is 9.49. The van der Waals surface area contributed by atoms with Crippen LogP contribution >= 0.6 is 0 Å².